The van der Waals surface area contributed by atoms with Crippen molar-refractivity contribution in [3.05, 3.63) is 29.6 Å². The predicted octanol–water partition coefficient (Wildman–Crippen LogP) is 2.32. The average Bonchev–Trinajstić information content (AvgIpc) is 2.36. The topological polar surface area (TPSA) is 18.5 Å². The van der Waals surface area contributed by atoms with E-state index in [9.17, 15) is 4.39 Å². The number of nitrogens with one attached hydrogen (secondary N) is 1. The number of rotatable bonds is 8. The SMILES string of the molecule is CCNCc1c(F)cccc1N(C)CCCN(C)C. The minimum atomic E-state index is -0.127. The lowest BCUT2D eigenvalue weighted by Crippen LogP contribution is -2.25. The van der Waals surface area contributed by atoms with Crippen LogP contribution in [0.2, 0.25) is 0 Å². The third-order valence-corrected chi connectivity index (χ3v) is 3.16. The van der Waals surface area contributed by atoms with Gasteiger partial charge in [0.1, 0.15) is 5.82 Å². The third kappa shape index (κ3) is 5.17. The zero-order valence-corrected chi connectivity index (χ0v) is 12.5. The quantitative estimate of drug-likeness (QED) is 0.780. The van der Waals surface area contributed by atoms with Crippen LogP contribution in [0, 0.1) is 5.82 Å². The van der Waals surface area contributed by atoms with E-state index in [-0.39, 0.29) is 5.82 Å². The molecule has 19 heavy (non-hydrogen) atoms. The van der Waals surface area contributed by atoms with Gasteiger partial charge in [0.25, 0.3) is 0 Å². The van der Waals surface area contributed by atoms with E-state index in [4.69, 9.17) is 0 Å². The molecule has 4 heteroatoms. The molecular formula is C15H26FN3. The van der Waals surface area contributed by atoms with Crippen LogP contribution in [0.25, 0.3) is 0 Å². The number of hydrogen-bond donors (Lipinski definition) is 1. The van der Waals surface area contributed by atoms with Gasteiger partial charge in [-0.05, 0) is 45.7 Å². The molecule has 1 aromatic rings. The van der Waals surface area contributed by atoms with Crippen molar-refractivity contribution in [2.45, 2.75) is 19.9 Å². The molecule has 0 aliphatic rings. The summed E-state index contributed by atoms with van der Waals surface area (Å²) in [5.41, 5.74) is 1.75. The summed E-state index contributed by atoms with van der Waals surface area (Å²) in [6.45, 7) is 5.43. The van der Waals surface area contributed by atoms with Crippen molar-refractivity contribution in [1.29, 1.82) is 0 Å². The molecule has 0 fully saturated rings. The van der Waals surface area contributed by atoms with E-state index >= 15 is 0 Å². The third-order valence-electron chi connectivity index (χ3n) is 3.16. The van der Waals surface area contributed by atoms with Gasteiger partial charge in [0.2, 0.25) is 0 Å². The molecule has 1 N–H and O–H groups in total. The van der Waals surface area contributed by atoms with E-state index in [2.05, 4.69) is 29.2 Å². The van der Waals surface area contributed by atoms with Gasteiger partial charge in [0, 0.05) is 31.4 Å². The molecule has 108 valence electrons. The Kier molecular flexibility index (Phi) is 6.81. The van der Waals surface area contributed by atoms with Gasteiger partial charge >= 0.3 is 0 Å². The predicted molar refractivity (Wildman–Crippen MR) is 80.2 cm³/mol. The first-order chi connectivity index (χ1) is 9.06. The highest BCUT2D eigenvalue weighted by molar-refractivity contribution is 5.53. The Hall–Kier alpha value is -1.13. The maximum absolute atomic E-state index is 13.9. The zero-order valence-electron chi connectivity index (χ0n) is 12.5. The van der Waals surface area contributed by atoms with Crippen LogP contribution in [-0.2, 0) is 6.54 Å². The fourth-order valence-electron chi connectivity index (χ4n) is 2.07. The highest BCUT2D eigenvalue weighted by atomic mass is 19.1. The Bertz CT molecular complexity index is 380. The number of anilines is 1. The van der Waals surface area contributed by atoms with Crippen LogP contribution in [0.4, 0.5) is 10.1 Å². The highest BCUT2D eigenvalue weighted by Gasteiger charge is 2.11. The first kappa shape index (κ1) is 15.9. The molecule has 0 saturated heterocycles. The molecule has 0 aromatic heterocycles. The molecule has 3 nitrogen and oxygen atoms in total. The van der Waals surface area contributed by atoms with Gasteiger partial charge in [0.05, 0.1) is 0 Å². The van der Waals surface area contributed by atoms with Crippen LogP contribution in [0.1, 0.15) is 18.9 Å². The second kappa shape index (κ2) is 8.12. The van der Waals surface area contributed by atoms with Gasteiger partial charge in [-0.15, -0.1) is 0 Å². The monoisotopic (exact) mass is 267 g/mol. The van der Waals surface area contributed by atoms with Gasteiger partial charge in [-0.25, -0.2) is 4.39 Å². The summed E-state index contributed by atoms with van der Waals surface area (Å²) in [6, 6.07) is 5.30. The van der Waals surface area contributed by atoms with Crippen LogP contribution in [-0.4, -0.2) is 45.7 Å². The summed E-state index contributed by atoms with van der Waals surface area (Å²) in [5, 5.41) is 3.20. The minimum Gasteiger partial charge on any atom is -0.374 e. The van der Waals surface area contributed by atoms with Gasteiger partial charge in [-0.2, -0.15) is 0 Å². The largest absolute Gasteiger partial charge is 0.374 e. The first-order valence-electron chi connectivity index (χ1n) is 6.90. The molecule has 0 unspecified atom stereocenters. The Morgan fingerprint density at radius 1 is 1.16 bits per heavy atom. The molecule has 0 atom stereocenters. The molecule has 0 spiro atoms. The molecule has 0 amide bonds. The van der Waals surface area contributed by atoms with Crippen LogP contribution < -0.4 is 10.2 Å². The summed E-state index contributed by atoms with van der Waals surface area (Å²) >= 11 is 0. The van der Waals surface area contributed by atoms with Crippen molar-refractivity contribution in [3.8, 4) is 0 Å². The summed E-state index contributed by atoms with van der Waals surface area (Å²) in [6.07, 6.45) is 1.07. The van der Waals surface area contributed by atoms with Crippen molar-refractivity contribution in [2.75, 3.05) is 45.7 Å². The summed E-state index contributed by atoms with van der Waals surface area (Å²) in [7, 11) is 6.16. The molecule has 1 rings (SSSR count). The van der Waals surface area contributed by atoms with Crippen molar-refractivity contribution < 1.29 is 4.39 Å². The normalized spacial score (nSPS) is 11.1. The van der Waals surface area contributed by atoms with E-state index in [1.165, 1.54) is 6.07 Å². The Morgan fingerprint density at radius 2 is 1.89 bits per heavy atom. The second-order valence-electron chi connectivity index (χ2n) is 5.10. The number of hydrogen-bond acceptors (Lipinski definition) is 3. The molecule has 0 aliphatic carbocycles. The smallest absolute Gasteiger partial charge is 0.129 e. The lowest BCUT2D eigenvalue weighted by atomic mass is 10.1. The molecule has 0 saturated carbocycles. The lowest BCUT2D eigenvalue weighted by Gasteiger charge is -2.23. The molecule has 0 aliphatic heterocycles. The average molecular weight is 267 g/mol. The zero-order chi connectivity index (χ0) is 14.3. The molecule has 0 radical (unpaired) electrons. The van der Waals surface area contributed by atoms with Gasteiger partial charge in [0.15, 0.2) is 0 Å². The van der Waals surface area contributed by atoms with Crippen LogP contribution >= 0.6 is 0 Å². The Labute approximate surface area is 116 Å². The summed E-state index contributed by atoms with van der Waals surface area (Å²) in [4.78, 5) is 4.30. The van der Waals surface area contributed by atoms with E-state index in [0.29, 0.717) is 6.54 Å². The Morgan fingerprint density at radius 3 is 2.53 bits per heavy atom. The van der Waals surface area contributed by atoms with Gasteiger partial charge < -0.3 is 15.1 Å². The highest BCUT2D eigenvalue weighted by Crippen LogP contribution is 2.22. The molecule has 0 bridgehead atoms. The van der Waals surface area contributed by atoms with E-state index in [0.717, 1.165) is 37.3 Å². The fourth-order valence-corrected chi connectivity index (χ4v) is 2.07. The lowest BCUT2D eigenvalue weighted by molar-refractivity contribution is 0.401. The fraction of sp³-hybridized carbons (Fsp3) is 0.600. The van der Waals surface area contributed by atoms with Crippen LogP contribution in [0.3, 0.4) is 0 Å². The molecule has 1 aromatic carbocycles. The summed E-state index contributed by atoms with van der Waals surface area (Å²) in [5.74, 6) is -0.127. The second-order valence-corrected chi connectivity index (χ2v) is 5.10. The standard InChI is InChI=1S/C15H26FN3/c1-5-17-12-13-14(16)8-6-9-15(13)19(4)11-7-10-18(2)3/h6,8-9,17H,5,7,10-12H2,1-4H3. The minimum absolute atomic E-state index is 0.127. The maximum Gasteiger partial charge on any atom is 0.129 e. The first-order valence-corrected chi connectivity index (χ1v) is 6.90. The van der Waals surface area contributed by atoms with E-state index < -0.39 is 0 Å². The van der Waals surface area contributed by atoms with E-state index in [1.54, 1.807) is 6.07 Å². The molecular weight excluding hydrogens is 241 g/mol. The number of nitrogens with zero attached hydrogens (tertiary/aromatic N) is 2. The van der Waals surface area contributed by atoms with Crippen molar-refractivity contribution >= 4 is 5.69 Å². The maximum atomic E-state index is 13.9. The Balaban J connectivity index is 2.71. The van der Waals surface area contributed by atoms with Gasteiger partial charge in [-0.1, -0.05) is 13.0 Å². The number of halogens is 1. The summed E-state index contributed by atoms with van der Waals surface area (Å²) < 4.78 is 13.9. The van der Waals surface area contributed by atoms with Crippen molar-refractivity contribution in [1.82, 2.24) is 10.2 Å². The van der Waals surface area contributed by atoms with Crippen LogP contribution in [0.15, 0.2) is 18.2 Å². The molecule has 0 heterocycles. The van der Waals surface area contributed by atoms with Crippen molar-refractivity contribution in [2.24, 2.45) is 0 Å². The number of benzene rings is 1. The van der Waals surface area contributed by atoms with Crippen LogP contribution in [0.5, 0.6) is 0 Å². The van der Waals surface area contributed by atoms with Crippen molar-refractivity contribution in [3.63, 3.8) is 0 Å². The van der Waals surface area contributed by atoms with Gasteiger partial charge in [-0.3, -0.25) is 0 Å². The van der Waals surface area contributed by atoms with E-state index in [1.807, 2.05) is 20.0 Å².